The van der Waals surface area contributed by atoms with Gasteiger partial charge >= 0.3 is 6.18 Å². The van der Waals surface area contributed by atoms with E-state index in [9.17, 15) is 22.4 Å². The van der Waals surface area contributed by atoms with Crippen molar-refractivity contribution in [3.8, 4) is 5.69 Å². The third-order valence-corrected chi connectivity index (χ3v) is 6.67. The molecule has 2 heterocycles. The van der Waals surface area contributed by atoms with E-state index in [0.29, 0.717) is 23.4 Å². The number of alkyl halides is 3. The maximum atomic E-state index is 13.7. The first-order valence-corrected chi connectivity index (χ1v) is 11.1. The van der Waals surface area contributed by atoms with Crippen LogP contribution in [0.4, 0.5) is 17.6 Å². The molecular formula is C23H21F4N3OS. The van der Waals surface area contributed by atoms with E-state index >= 15 is 0 Å². The quantitative estimate of drug-likeness (QED) is 0.517. The molecule has 0 bridgehead atoms. The van der Waals surface area contributed by atoms with Crippen LogP contribution in [0.2, 0.25) is 0 Å². The zero-order valence-corrected chi connectivity index (χ0v) is 18.3. The summed E-state index contributed by atoms with van der Waals surface area (Å²) >= 11 is 1.63. The highest BCUT2D eigenvalue weighted by Crippen LogP contribution is 2.36. The summed E-state index contributed by atoms with van der Waals surface area (Å²) in [4.78, 5) is 13.8. The van der Waals surface area contributed by atoms with Crippen LogP contribution in [0.3, 0.4) is 0 Å². The highest BCUT2D eigenvalue weighted by Gasteiger charge is 2.31. The molecule has 0 fully saturated rings. The van der Waals surface area contributed by atoms with E-state index in [2.05, 4.69) is 10.4 Å². The summed E-state index contributed by atoms with van der Waals surface area (Å²) in [6.45, 7) is 3.45. The number of rotatable bonds is 4. The Kier molecular flexibility index (Phi) is 6.03. The Morgan fingerprint density at radius 2 is 2.00 bits per heavy atom. The standard InChI is InChI=1S/C23H21F4N3OS/c1-13-18(14(2)30(29-13)17-5-3-4-15(10-17)23(25,26)27)12-22(31)28-20-8-9-32-21-7-6-16(24)11-19(20)21/h3-7,10-11,20H,8-9,12H2,1-2H3,(H,28,31). The number of hydrogen-bond donors (Lipinski definition) is 1. The van der Waals surface area contributed by atoms with Crippen molar-refractivity contribution in [2.24, 2.45) is 0 Å². The van der Waals surface area contributed by atoms with Crippen LogP contribution < -0.4 is 5.32 Å². The van der Waals surface area contributed by atoms with E-state index in [1.54, 1.807) is 37.7 Å². The third-order valence-electron chi connectivity index (χ3n) is 5.54. The van der Waals surface area contributed by atoms with Crippen molar-refractivity contribution in [1.29, 1.82) is 0 Å². The Hall–Kier alpha value is -2.81. The molecule has 1 aliphatic heterocycles. The van der Waals surface area contributed by atoms with E-state index in [1.165, 1.54) is 22.9 Å². The minimum Gasteiger partial charge on any atom is -0.349 e. The number of amides is 1. The van der Waals surface area contributed by atoms with Crippen molar-refractivity contribution in [2.75, 3.05) is 5.75 Å². The molecule has 0 aliphatic carbocycles. The van der Waals surface area contributed by atoms with Crippen LogP contribution in [0.5, 0.6) is 0 Å². The molecule has 0 radical (unpaired) electrons. The lowest BCUT2D eigenvalue weighted by Crippen LogP contribution is -2.32. The second kappa shape index (κ2) is 8.61. The van der Waals surface area contributed by atoms with Crippen LogP contribution in [0.25, 0.3) is 5.69 Å². The SMILES string of the molecule is Cc1nn(-c2cccc(C(F)(F)F)c2)c(C)c1CC(=O)NC1CCSc2ccc(F)cc21. The second-order valence-corrected chi connectivity index (χ2v) is 8.86. The number of fused-ring (bicyclic) bond motifs is 1. The monoisotopic (exact) mass is 463 g/mol. The highest BCUT2D eigenvalue weighted by atomic mass is 32.2. The van der Waals surface area contributed by atoms with Crippen molar-refractivity contribution < 1.29 is 22.4 Å². The summed E-state index contributed by atoms with van der Waals surface area (Å²) in [6.07, 6.45) is -3.73. The average molecular weight is 464 g/mol. The van der Waals surface area contributed by atoms with Gasteiger partial charge in [0.15, 0.2) is 0 Å². The molecule has 1 atom stereocenters. The Balaban J connectivity index is 1.55. The van der Waals surface area contributed by atoms with Crippen LogP contribution in [0.1, 0.15) is 40.5 Å². The highest BCUT2D eigenvalue weighted by molar-refractivity contribution is 7.99. The van der Waals surface area contributed by atoms with Crippen molar-refractivity contribution >= 4 is 17.7 Å². The fourth-order valence-electron chi connectivity index (χ4n) is 3.92. The van der Waals surface area contributed by atoms with Crippen LogP contribution in [0, 0.1) is 19.7 Å². The van der Waals surface area contributed by atoms with Crippen LogP contribution in [-0.2, 0) is 17.4 Å². The van der Waals surface area contributed by atoms with Gasteiger partial charge in [-0.1, -0.05) is 6.07 Å². The first-order chi connectivity index (χ1) is 15.1. The number of benzene rings is 2. The number of thioether (sulfide) groups is 1. The number of carbonyl (C=O) groups excluding carboxylic acids is 1. The molecule has 32 heavy (non-hydrogen) atoms. The van der Waals surface area contributed by atoms with Crippen LogP contribution in [0.15, 0.2) is 47.4 Å². The summed E-state index contributed by atoms with van der Waals surface area (Å²) < 4.78 is 54.4. The molecule has 0 spiro atoms. The summed E-state index contributed by atoms with van der Waals surface area (Å²) in [6, 6.07) is 9.22. The van der Waals surface area contributed by atoms with Gasteiger partial charge in [-0.15, -0.1) is 11.8 Å². The van der Waals surface area contributed by atoms with Crippen molar-refractivity contribution in [3.63, 3.8) is 0 Å². The maximum absolute atomic E-state index is 13.7. The topological polar surface area (TPSA) is 46.9 Å². The number of hydrogen-bond acceptors (Lipinski definition) is 3. The average Bonchev–Trinajstić information content (AvgIpc) is 3.02. The molecule has 1 N–H and O–H groups in total. The summed E-state index contributed by atoms with van der Waals surface area (Å²) in [5.74, 6) is 0.223. The minimum atomic E-state index is -4.46. The van der Waals surface area contributed by atoms with Crippen LogP contribution in [-0.4, -0.2) is 21.4 Å². The fraction of sp³-hybridized carbons (Fsp3) is 0.304. The van der Waals surface area contributed by atoms with Crippen molar-refractivity contribution in [2.45, 2.75) is 43.8 Å². The molecule has 1 aliphatic rings. The van der Waals surface area contributed by atoms with Gasteiger partial charge < -0.3 is 5.32 Å². The minimum absolute atomic E-state index is 0.0327. The molecule has 1 aromatic heterocycles. The van der Waals surface area contributed by atoms with E-state index in [1.807, 2.05) is 0 Å². The summed E-state index contributed by atoms with van der Waals surface area (Å²) in [5, 5.41) is 7.35. The molecule has 1 amide bonds. The van der Waals surface area contributed by atoms with Gasteiger partial charge in [-0.2, -0.15) is 18.3 Å². The number of halogens is 4. The van der Waals surface area contributed by atoms with E-state index in [-0.39, 0.29) is 29.9 Å². The lowest BCUT2D eigenvalue weighted by atomic mass is 10.0. The Morgan fingerprint density at radius 3 is 2.75 bits per heavy atom. The number of aryl methyl sites for hydroxylation is 1. The van der Waals surface area contributed by atoms with Gasteiger partial charge in [0, 0.05) is 21.9 Å². The molecule has 168 valence electrons. The van der Waals surface area contributed by atoms with Gasteiger partial charge in [0.2, 0.25) is 5.91 Å². The van der Waals surface area contributed by atoms with E-state index in [0.717, 1.165) is 28.3 Å². The third kappa shape index (κ3) is 4.53. The smallest absolute Gasteiger partial charge is 0.349 e. The zero-order valence-electron chi connectivity index (χ0n) is 17.5. The molecule has 2 aromatic carbocycles. The predicted octanol–water partition coefficient (Wildman–Crippen LogP) is 5.54. The molecule has 0 saturated carbocycles. The van der Waals surface area contributed by atoms with Gasteiger partial charge in [0.1, 0.15) is 5.82 Å². The van der Waals surface area contributed by atoms with Gasteiger partial charge in [0.25, 0.3) is 0 Å². The molecular weight excluding hydrogens is 442 g/mol. The number of aromatic nitrogens is 2. The molecule has 4 rings (SSSR count). The summed E-state index contributed by atoms with van der Waals surface area (Å²) in [7, 11) is 0. The largest absolute Gasteiger partial charge is 0.416 e. The lowest BCUT2D eigenvalue weighted by Gasteiger charge is -2.26. The van der Waals surface area contributed by atoms with Gasteiger partial charge in [0.05, 0.1) is 29.4 Å². The molecule has 4 nitrogen and oxygen atoms in total. The van der Waals surface area contributed by atoms with Crippen molar-refractivity contribution in [3.05, 3.63) is 76.4 Å². The molecule has 1 unspecified atom stereocenters. The van der Waals surface area contributed by atoms with Crippen LogP contribution >= 0.6 is 11.8 Å². The lowest BCUT2D eigenvalue weighted by molar-refractivity contribution is -0.137. The van der Waals surface area contributed by atoms with Gasteiger partial charge in [-0.05, 0) is 62.2 Å². The normalized spacial score (nSPS) is 16.0. The van der Waals surface area contributed by atoms with Gasteiger partial charge in [-0.25, -0.2) is 9.07 Å². The predicted molar refractivity (Wildman–Crippen MR) is 114 cm³/mol. The molecule has 3 aromatic rings. The Morgan fingerprint density at radius 1 is 1.22 bits per heavy atom. The number of nitrogens with one attached hydrogen (secondary N) is 1. The number of carbonyl (C=O) groups is 1. The Labute approximate surface area is 187 Å². The van der Waals surface area contributed by atoms with Crippen molar-refractivity contribution in [1.82, 2.24) is 15.1 Å². The summed E-state index contributed by atoms with van der Waals surface area (Å²) in [5.41, 5.74) is 2.11. The first-order valence-electron chi connectivity index (χ1n) is 10.1. The Bertz CT molecular complexity index is 1170. The molecule has 0 saturated heterocycles. The molecule has 9 heteroatoms. The maximum Gasteiger partial charge on any atom is 0.416 e. The zero-order chi connectivity index (χ0) is 23.0. The second-order valence-electron chi connectivity index (χ2n) is 7.73. The number of nitrogens with zero attached hydrogens (tertiary/aromatic N) is 2. The first kappa shape index (κ1) is 22.4. The van der Waals surface area contributed by atoms with E-state index in [4.69, 9.17) is 0 Å². The van der Waals surface area contributed by atoms with E-state index < -0.39 is 11.7 Å². The fourth-order valence-corrected chi connectivity index (χ4v) is 5.02. The van der Waals surface area contributed by atoms with Gasteiger partial charge in [-0.3, -0.25) is 4.79 Å².